The fraction of sp³-hybridized carbons (Fsp3) is 0.562. The van der Waals surface area contributed by atoms with Crippen LogP contribution >= 0.6 is 0 Å². The van der Waals surface area contributed by atoms with Gasteiger partial charge in [-0.1, -0.05) is 26.0 Å². The molecular formula is C16H24N2O. The summed E-state index contributed by atoms with van der Waals surface area (Å²) in [6.45, 7) is 8.93. The van der Waals surface area contributed by atoms with E-state index in [0.717, 1.165) is 12.1 Å². The van der Waals surface area contributed by atoms with Crippen molar-refractivity contribution in [3.63, 3.8) is 0 Å². The van der Waals surface area contributed by atoms with E-state index in [-0.39, 0.29) is 11.9 Å². The van der Waals surface area contributed by atoms with Gasteiger partial charge >= 0.3 is 0 Å². The highest BCUT2D eigenvalue weighted by molar-refractivity contribution is 5.98. The Morgan fingerprint density at radius 2 is 1.84 bits per heavy atom. The van der Waals surface area contributed by atoms with E-state index in [4.69, 9.17) is 5.73 Å². The molecule has 0 radical (unpaired) electrons. The topological polar surface area (TPSA) is 46.3 Å². The van der Waals surface area contributed by atoms with E-state index in [2.05, 4.69) is 26.0 Å². The minimum Gasteiger partial charge on any atom is -0.327 e. The standard InChI is InChI=1S/C16H24N2O/c1-11(2)12-5-7-13(8-6-12)18-10-9-14(17)16(3,4)15(18)19/h5-8,11,14H,9-10,17H2,1-4H3. The third kappa shape index (κ3) is 2.52. The first-order valence-electron chi connectivity index (χ1n) is 7.01. The molecule has 0 saturated carbocycles. The fourth-order valence-electron chi connectivity index (χ4n) is 2.52. The molecule has 3 heteroatoms. The molecule has 1 aromatic carbocycles. The van der Waals surface area contributed by atoms with Crippen LogP contribution in [0, 0.1) is 5.41 Å². The van der Waals surface area contributed by atoms with Crippen molar-refractivity contribution in [3.8, 4) is 0 Å². The molecule has 0 aliphatic carbocycles. The highest BCUT2D eigenvalue weighted by atomic mass is 16.2. The molecule has 1 aliphatic heterocycles. The summed E-state index contributed by atoms with van der Waals surface area (Å²) in [5.74, 6) is 0.638. The van der Waals surface area contributed by atoms with Crippen LogP contribution in [0.25, 0.3) is 0 Å². The number of hydrogen-bond acceptors (Lipinski definition) is 2. The van der Waals surface area contributed by atoms with Gasteiger partial charge in [0.25, 0.3) is 0 Å². The molecule has 104 valence electrons. The van der Waals surface area contributed by atoms with E-state index in [1.165, 1.54) is 5.56 Å². The second-order valence-corrected chi connectivity index (χ2v) is 6.32. The average Bonchev–Trinajstić information content (AvgIpc) is 2.37. The van der Waals surface area contributed by atoms with Gasteiger partial charge in [0.15, 0.2) is 0 Å². The smallest absolute Gasteiger partial charge is 0.234 e. The Morgan fingerprint density at radius 1 is 1.26 bits per heavy atom. The average molecular weight is 260 g/mol. The van der Waals surface area contributed by atoms with Crippen molar-refractivity contribution in [3.05, 3.63) is 29.8 Å². The van der Waals surface area contributed by atoms with E-state index in [1.807, 2.05) is 30.9 Å². The largest absolute Gasteiger partial charge is 0.327 e. The monoisotopic (exact) mass is 260 g/mol. The molecule has 3 nitrogen and oxygen atoms in total. The lowest BCUT2D eigenvalue weighted by Gasteiger charge is -2.41. The van der Waals surface area contributed by atoms with E-state index < -0.39 is 5.41 Å². The lowest BCUT2D eigenvalue weighted by Crippen LogP contribution is -2.56. The molecule has 2 N–H and O–H groups in total. The van der Waals surface area contributed by atoms with Gasteiger partial charge in [-0.3, -0.25) is 4.79 Å². The maximum atomic E-state index is 12.5. The Morgan fingerprint density at radius 3 is 2.37 bits per heavy atom. The van der Waals surface area contributed by atoms with E-state index >= 15 is 0 Å². The molecule has 1 unspecified atom stereocenters. The van der Waals surface area contributed by atoms with Crippen LogP contribution in [-0.4, -0.2) is 18.5 Å². The number of benzene rings is 1. The zero-order valence-corrected chi connectivity index (χ0v) is 12.3. The van der Waals surface area contributed by atoms with Crippen molar-refractivity contribution >= 4 is 11.6 Å². The summed E-state index contributed by atoms with van der Waals surface area (Å²) in [7, 11) is 0. The molecule has 19 heavy (non-hydrogen) atoms. The van der Waals surface area contributed by atoms with Gasteiger partial charge < -0.3 is 10.6 Å². The van der Waals surface area contributed by atoms with Crippen molar-refractivity contribution in [2.75, 3.05) is 11.4 Å². The zero-order chi connectivity index (χ0) is 14.2. The molecular weight excluding hydrogens is 236 g/mol. The number of nitrogens with zero attached hydrogens (tertiary/aromatic N) is 1. The summed E-state index contributed by atoms with van der Waals surface area (Å²) < 4.78 is 0. The third-order valence-electron chi connectivity index (χ3n) is 4.26. The van der Waals surface area contributed by atoms with Crippen LogP contribution in [0.1, 0.15) is 45.6 Å². The van der Waals surface area contributed by atoms with Gasteiger partial charge in [0, 0.05) is 18.3 Å². The van der Waals surface area contributed by atoms with Crippen molar-refractivity contribution < 1.29 is 4.79 Å². The van der Waals surface area contributed by atoms with Crippen LogP contribution in [0.4, 0.5) is 5.69 Å². The van der Waals surface area contributed by atoms with Gasteiger partial charge in [-0.15, -0.1) is 0 Å². The number of anilines is 1. The molecule has 1 aromatic rings. The zero-order valence-electron chi connectivity index (χ0n) is 12.3. The lowest BCUT2D eigenvalue weighted by atomic mass is 9.78. The predicted molar refractivity (Wildman–Crippen MR) is 79.3 cm³/mol. The summed E-state index contributed by atoms with van der Waals surface area (Å²) in [5.41, 5.74) is 7.86. The highest BCUT2D eigenvalue weighted by Crippen LogP contribution is 2.32. The number of rotatable bonds is 2. The van der Waals surface area contributed by atoms with E-state index in [9.17, 15) is 4.79 Å². The Balaban J connectivity index is 2.25. The Labute approximate surface area is 115 Å². The number of nitrogens with two attached hydrogens (primary N) is 1. The van der Waals surface area contributed by atoms with E-state index in [1.54, 1.807) is 0 Å². The molecule has 1 saturated heterocycles. The lowest BCUT2D eigenvalue weighted by molar-refractivity contribution is -0.129. The Hall–Kier alpha value is -1.35. The molecule has 1 amide bonds. The number of carbonyl (C=O) groups is 1. The van der Waals surface area contributed by atoms with Crippen molar-refractivity contribution in [1.82, 2.24) is 0 Å². The first-order chi connectivity index (χ1) is 8.84. The molecule has 0 spiro atoms. The van der Waals surface area contributed by atoms with Crippen LogP contribution in [0.15, 0.2) is 24.3 Å². The van der Waals surface area contributed by atoms with Crippen molar-refractivity contribution in [1.29, 1.82) is 0 Å². The Kier molecular flexibility index (Phi) is 3.68. The summed E-state index contributed by atoms with van der Waals surface area (Å²) in [5, 5.41) is 0. The molecule has 0 bridgehead atoms. The number of amides is 1. The predicted octanol–water partition coefficient (Wildman–Crippen LogP) is 2.90. The maximum absolute atomic E-state index is 12.5. The first kappa shape index (κ1) is 14.1. The van der Waals surface area contributed by atoms with Crippen LogP contribution < -0.4 is 10.6 Å². The van der Waals surface area contributed by atoms with Crippen LogP contribution in [0.2, 0.25) is 0 Å². The normalized spacial score (nSPS) is 22.9. The first-order valence-corrected chi connectivity index (χ1v) is 7.01. The summed E-state index contributed by atoms with van der Waals surface area (Å²) in [6, 6.07) is 8.25. The van der Waals surface area contributed by atoms with Gasteiger partial charge in [0.1, 0.15) is 0 Å². The highest BCUT2D eigenvalue weighted by Gasteiger charge is 2.41. The Bertz CT molecular complexity index is 462. The summed E-state index contributed by atoms with van der Waals surface area (Å²) >= 11 is 0. The quantitative estimate of drug-likeness (QED) is 0.888. The van der Waals surface area contributed by atoms with Gasteiger partial charge in [0.2, 0.25) is 5.91 Å². The maximum Gasteiger partial charge on any atom is 0.234 e. The minimum absolute atomic E-state index is 0.0498. The second-order valence-electron chi connectivity index (χ2n) is 6.32. The van der Waals surface area contributed by atoms with Crippen LogP contribution in [0.3, 0.4) is 0 Å². The number of hydrogen-bond donors (Lipinski definition) is 1. The molecule has 2 rings (SSSR count). The molecule has 1 heterocycles. The van der Waals surface area contributed by atoms with Gasteiger partial charge in [-0.05, 0) is 43.9 Å². The van der Waals surface area contributed by atoms with Gasteiger partial charge in [-0.2, -0.15) is 0 Å². The number of piperidine rings is 1. The third-order valence-corrected chi connectivity index (χ3v) is 4.26. The van der Waals surface area contributed by atoms with E-state index in [0.29, 0.717) is 12.5 Å². The van der Waals surface area contributed by atoms with Crippen LogP contribution in [0.5, 0.6) is 0 Å². The van der Waals surface area contributed by atoms with Crippen molar-refractivity contribution in [2.24, 2.45) is 11.1 Å². The van der Waals surface area contributed by atoms with Gasteiger partial charge in [-0.25, -0.2) is 0 Å². The summed E-state index contributed by atoms with van der Waals surface area (Å²) in [6.07, 6.45) is 0.852. The molecule has 0 aromatic heterocycles. The second kappa shape index (κ2) is 4.97. The molecule has 1 atom stereocenters. The minimum atomic E-state index is -0.477. The molecule has 1 fully saturated rings. The summed E-state index contributed by atoms with van der Waals surface area (Å²) in [4.78, 5) is 14.4. The molecule has 1 aliphatic rings. The van der Waals surface area contributed by atoms with Gasteiger partial charge in [0.05, 0.1) is 5.41 Å². The number of carbonyl (C=O) groups excluding carboxylic acids is 1. The SMILES string of the molecule is CC(C)c1ccc(N2CCC(N)C(C)(C)C2=O)cc1. The van der Waals surface area contributed by atoms with Crippen molar-refractivity contribution in [2.45, 2.75) is 46.1 Å². The van der Waals surface area contributed by atoms with Crippen LogP contribution in [-0.2, 0) is 4.79 Å². The fourth-order valence-corrected chi connectivity index (χ4v) is 2.52.